The topological polar surface area (TPSA) is 50.2 Å². The van der Waals surface area contributed by atoms with Gasteiger partial charge in [-0.2, -0.15) is 0 Å². The Kier molecular flexibility index (Phi) is 3.44. The molecule has 0 radical (unpaired) electrons. The average molecular weight is 245 g/mol. The van der Waals surface area contributed by atoms with E-state index in [1.54, 1.807) is 6.07 Å². The van der Waals surface area contributed by atoms with E-state index in [4.69, 9.17) is 5.11 Å². The number of nitrogens with zero attached hydrogens (tertiary/aromatic N) is 1. The van der Waals surface area contributed by atoms with Crippen LogP contribution in [-0.2, 0) is 0 Å². The maximum absolute atomic E-state index is 10.8. The molecule has 1 aromatic carbocycles. The number of hydrogen-bond acceptors (Lipinski definition) is 3. The van der Waals surface area contributed by atoms with Crippen LogP contribution in [0.1, 0.15) is 15.9 Å². The number of carboxylic acids is 1. The average Bonchev–Trinajstić information content (AvgIpc) is 2.32. The van der Waals surface area contributed by atoms with Gasteiger partial charge in [0.25, 0.3) is 0 Å². The number of benzene rings is 1. The van der Waals surface area contributed by atoms with Crippen molar-refractivity contribution >= 4 is 17.7 Å². The molecule has 0 aliphatic carbocycles. The molecule has 1 aromatic heterocycles. The predicted octanol–water partition coefficient (Wildman–Crippen LogP) is 3.24. The fraction of sp³-hybridized carbons (Fsp3) is 0.0769. The maximum atomic E-state index is 10.8. The number of pyridine rings is 1. The number of aromatic carboxylic acids is 1. The summed E-state index contributed by atoms with van der Waals surface area (Å²) < 4.78 is 0. The fourth-order valence-corrected chi connectivity index (χ4v) is 2.28. The van der Waals surface area contributed by atoms with E-state index in [2.05, 4.69) is 4.98 Å². The summed E-state index contributed by atoms with van der Waals surface area (Å²) in [6.07, 6.45) is 1.52. The Morgan fingerprint density at radius 2 is 2.06 bits per heavy atom. The Hall–Kier alpha value is -1.81. The smallest absolute Gasteiger partial charge is 0.335 e. The number of aryl methyl sites for hydroxylation is 1. The quantitative estimate of drug-likeness (QED) is 0.901. The van der Waals surface area contributed by atoms with Gasteiger partial charge in [0.15, 0.2) is 0 Å². The first-order valence-electron chi connectivity index (χ1n) is 5.09. The Balaban J connectivity index is 2.28. The molecule has 1 N–H and O–H groups in total. The second kappa shape index (κ2) is 5.01. The van der Waals surface area contributed by atoms with Gasteiger partial charge in [0, 0.05) is 11.1 Å². The molecule has 17 heavy (non-hydrogen) atoms. The minimum Gasteiger partial charge on any atom is -0.478 e. The molecule has 2 rings (SSSR count). The van der Waals surface area contributed by atoms with Crippen LogP contribution in [0.25, 0.3) is 0 Å². The molecule has 0 aliphatic rings. The zero-order chi connectivity index (χ0) is 12.3. The van der Waals surface area contributed by atoms with E-state index in [1.165, 1.54) is 24.0 Å². The first kappa shape index (κ1) is 11.7. The summed E-state index contributed by atoms with van der Waals surface area (Å²) in [5.41, 5.74) is 1.41. The second-order valence-corrected chi connectivity index (χ2v) is 4.62. The minimum atomic E-state index is -0.931. The Labute approximate surface area is 104 Å². The highest BCUT2D eigenvalue weighted by molar-refractivity contribution is 7.99. The zero-order valence-electron chi connectivity index (χ0n) is 9.25. The SMILES string of the molecule is Cc1ccccc1Sc1cc(C(=O)O)ccn1. The summed E-state index contributed by atoms with van der Waals surface area (Å²) in [6.45, 7) is 2.02. The molecule has 3 nitrogen and oxygen atoms in total. The Morgan fingerprint density at radius 3 is 2.76 bits per heavy atom. The molecule has 0 fully saturated rings. The van der Waals surface area contributed by atoms with E-state index in [1.807, 2.05) is 31.2 Å². The van der Waals surface area contributed by atoms with Crippen LogP contribution >= 0.6 is 11.8 Å². The summed E-state index contributed by atoms with van der Waals surface area (Å²) in [5, 5.41) is 9.59. The van der Waals surface area contributed by atoms with Crippen molar-refractivity contribution in [3.8, 4) is 0 Å². The highest BCUT2D eigenvalue weighted by Crippen LogP contribution is 2.28. The number of carbonyl (C=O) groups is 1. The van der Waals surface area contributed by atoms with Gasteiger partial charge in [-0.25, -0.2) is 9.78 Å². The third-order valence-corrected chi connectivity index (χ3v) is 3.40. The molecule has 0 saturated carbocycles. The van der Waals surface area contributed by atoms with Gasteiger partial charge in [0.05, 0.1) is 5.56 Å². The van der Waals surface area contributed by atoms with Crippen LogP contribution in [-0.4, -0.2) is 16.1 Å². The molecule has 0 unspecified atom stereocenters. The standard InChI is InChI=1S/C13H11NO2S/c1-9-4-2-3-5-11(9)17-12-8-10(13(15)16)6-7-14-12/h2-8H,1H3,(H,15,16). The molecular formula is C13H11NO2S. The van der Waals surface area contributed by atoms with Gasteiger partial charge in [-0.1, -0.05) is 30.0 Å². The molecular weight excluding hydrogens is 234 g/mol. The molecule has 0 atom stereocenters. The van der Waals surface area contributed by atoms with E-state index >= 15 is 0 Å². The van der Waals surface area contributed by atoms with E-state index in [-0.39, 0.29) is 5.56 Å². The van der Waals surface area contributed by atoms with E-state index < -0.39 is 5.97 Å². The van der Waals surface area contributed by atoms with Gasteiger partial charge in [-0.05, 0) is 30.7 Å². The van der Waals surface area contributed by atoms with Crippen molar-refractivity contribution in [2.24, 2.45) is 0 Å². The number of rotatable bonds is 3. The Bertz CT molecular complexity index is 555. The van der Waals surface area contributed by atoms with Crippen molar-refractivity contribution in [3.63, 3.8) is 0 Å². The van der Waals surface area contributed by atoms with Crippen molar-refractivity contribution in [1.82, 2.24) is 4.98 Å². The van der Waals surface area contributed by atoms with E-state index in [9.17, 15) is 4.79 Å². The third-order valence-electron chi connectivity index (χ3n) is 2.29. The van der Waals surface area contributed by atoms with Crippen LogP contribution in [0.2, 0.25) is 0 Å². The number of hydrogen-bond donors (Lipinski definition) is 1. The summed E-state index contributed by atoms with van der Waals surface area (Å²) in [5.74, 6) is -0.931. The van der Waals surface area contributed by atoms with Gasteiger partial charge in [0.1, 0.15) is 5.03 Å². The van der Waals surface area contributed by atoms with Crippen LogP contribution in [0.5, 0.6) is 0 Å². The van der Waals surface area contributed by atoms with Crippen molar-refractivity contribution in [1.29, 1.82) is 0 Å². The maximum Gasteiger partial charge on any atom is 0.335 e. The summed E-state index contributed by atoms with van der Waals surface area (Å²) in [7, 11) is 0. The normalized spacial score (nSPS) is 10.2. The lowest BCUT2D eigenvalue weighted by molar-refractivity contribution is 0.0696. The lowest BCUT2D eigenvalue weighted by Gasteiger charge is -2.04. The molecule has 0 spiro atoms. The zero-order valence-corrected chi connectivity index (χ0v) is 10.1. The van der Waals surface area contributed by atoms with Crippen LogP contribution in [0.15, 0.2) is 52.5 Å². The highest BCUT2D eigenvalue weighted by atomic mass is 32.2. The lowest BCUT2D eigenvalue weighted by atomic mass is 10.2. The van der Waals surface area contributed by atoms with Crippen molar-refractivity contribution < 1.29 is 9.90 Å². The Morgan fingerprint density at radius 1 is 1.29 bits per heavy atom. The molecule has 0 bridgehead atoms. The van der Waals surface area contributed by atoms with Gasteiger partial charge >= 0.3 is 5.97 Å². The van der Waals surface area contributed by atoms with Crippen LogP contribution < -0.4 is 0 Å². The number of carboxylic acid groups (broad SMARTS) is 1. The van der Waals surface area contributed by atoms with Gasteiger partial charge < -0.3 is 5.11 Å². The molecule has 1 heterocycles. The molecule has 0 amide bonds. The van der Waals surface area contributed by atoms with Crippen LogP contribution in [0.4, 0.5) is 0 Å². The van der Waals surface area contributed by atoms with Crippen LogP contribution in [0.3, 0.4) is 0 Å². The second-order valence-electron chi connectivity index (χ2n) is 3.56. The van der Waals surface area contributed by atoms with Gasteiger partial charge in [-0.15, -0.1) is 0 Å². The summed E-state index contributed by atoms with van der Waals surface area (Å²) >= 11 is 1.47. The summed E-state index contributed by atoms with van der Waals surface area (Å²) in [6, 6.07) is 11.0. The summed E-state index contributed by atoms with van der Waals surface area (Å²) in [4.78, 5) is 16.1. The first-order valence-corrected chi connectivity index (χ1v) is 5.91. The van der Waals surface area contributed by atoms with Gasteiger partial charge in [-0.3, -0.25) is 0 Å². The van der Waals surface area contributed by atoms with E-state index in [0.717, 1.165) is 10.5 Å². The van der Waals surface area contributed by atoms with Crippen LogP contribution in [0, 0.1) is 6.92 Å². The molecule has 0 aliphatic heterocycles. The number of aromatic nitrogens is 1. The molecule has 86 valence electrons. The first-order chi connectivity index (χ1) is 8.16. The molecule has 4 heteroatoms. The lowest BCUT2D eigenvalue weighted by Crippen LogP contribution is -1.96. The largest absolute Gasteiger partial charge is 0.478 e. The van der Waals surface area contributed by atoms with Gasteiger partial charge in [0.2, 0.25) is 0 Å². The molecule has 0 saturated heterocycles. The fourth-order valence-electron chi connectivity index (χ4n) is 1.38. The minimum absolute atomic E-state index is 0.260. The van der Waals surface area contributed by atoms with Crippen molar-refractivity contribution in [2.45, 2.75) is 16.8 Å². The van der Waals surface area contributed by atoms with E-state index in [0.29, 0.717) is 5.03 Å². The van der Waals surface area contributed by atoms with Crippen molar-refractivity contribution in [3.05, 3.63) is 53.7 Å². The third kappa shape index (κ3) is 2.85. The monoisotopic (exact) mass is 245 g/mol. The highest BCUT2D eigenvalue weighted by Gasteiger charge is 2.06. The molecule has 2 aromatic rings. The van der Waals surface area contributed by atoms with Crippen molar-refractivity contribution in [2.75, 3.05) is 0 Å². The predicted molar refractivity (Wildman–Crippen MR) is 66.5 cm³/mol.